The first-order valence-electron chi connectivity index (χ1n) is 6.04. The van der Waals surface area contributed by atoms with Crippen LogP contribution in [-0.2, 0) is 0 Å². The fourth-order valence-corrected chi connectivity index (χ4v) is 1.95. The zero-order valence-corrected chi connectivity index (χ0v) is 11.4. The number of para-hydroxylation sites is 2. The molecule has 5 nitrogen and oxygen atoms in total. The van der Waals surface area contributed by atoms with Crippen molar-refractivity contribution in [3.8, 4) is 11.5 Å². The van der Waals surface area contributed by atoms with Crippen LogP contribution in [0.2, 0.25) is 0 Å². The molecule has 0 unspecified atom stereocenters. The predicted octanol–water partition coefficient (Wildman–Crippen LogP) is 2.92. The van der Waals surface area contributed by atoms with Crippen molar-refractivity contribution in [1.82, 2.24) is 0 Å². The molecule has 0 spiro atoms. The van der Waals surface area contributed by atoms with E-state index in [1.165, 1.54) is 4.90 Å². The molecule has 0 heterocycles. The molecule has 0 aliphatic rings. The summed E-state index contributed by atoms with van der Waals surface area (Å²) in [5, 5.41) is 0. The van der Waals surface area contributed by atoms with Crippen LogP contribution in [0.15, 0.2) is 48.5 Å². The second kappa shape index (κ2) is 5.97. The number of carbonyl (C=O) groups excluding carboxylic acids is 1. The standard InChI is InChI=1S/C15H16N2O3/c1-19-12-7-5-6-11(10-12)17(15(16)18)13-8-3-4-9-14(13)20-2/h3-10H,1-2H3,(H2,16,18). The van der Waals surface area contributed by atoms with Gasteiger partial charge in [0.15, 0.2) is 0 Å². The first-order chi connectivity index (χ1) is 9.67. The van der Waals surface area contributed by atoms with E-state index in [-0.39, 0.29) is 0 Å². The SMILES string of the molecule is COc1cccc(N(C(N)=O)c2ccccc2OC)c1. The zero-order valence-electron chi connectivity index (χ0n) is 11.4. The minimum absolute atomic E-state index is 0.564. The smallest absolute Gasteiger partial charge is 0.324 e. The zero-order chi connectivity index (χ0) is 14.5. The Labute approximate surface area is 117 Å². The highest BCUT2D eigenvalue weighted by atomic mass is 16.5. The summed E-state index contributed by atoms with van der Waals surface area (Å²) in [5.41, 5.74) is 6.70. The van der Waals surface area contributed by atoms with Crippen molar-refractivity contribution in [2.75, 3.05) is 19.1 Å². The third-order valence-corrected chi connectivity index (χ3v) is 2.86. The minimum Gasteiger partial charge on any atom is -0.497 e. The molecule has 0 aliphatic heterocycles. The number of carbonyl (C=O) groups is 1. The fourth-order valence-electron chi connectivity index (χ4n) is 1.95. The van der Waals surface area contributed by atoms with Crippen molar-refractivity contribution < 1.29 is 14.3 Å². The van der Waals surface area contributed by atoms with Gasteiger partial charge in [-0.05, 0) is 24.3 Å². The lowest BCUT2D eigenvalue weighted by Gasteiger charge is -2.23. The summed E-state index contributed by atoms with van der Waals surface area (Å²) in [6.07, 6.45) is 0. The Bertz CT molecular complexity index is 614. The first-order valence-corrected chi connectivity index (χ1v) is 6.04. The number of nitrogens with two attached hydrogens (primary N) is 1. The number of ether oxygens (including phenoxy) is 2. The summed E-state index contributed by atoms with van der Waals surface area (Å²) < 4.78 is 10.4. The molecular weight excluding hydrogens is 256 g/mol. The molecule has 2 N–H and O–H groups in total. The van der Waals surface area contributed by atoms with Crippen LogP contribution in [0.5, 0.6) is 11.5 Å². The Kier molecular flexibility index (Phi) is 4.10. The first kappa shape index (κ1) is 13.7. The normalized spacial score (nSPS) is 9.90. The summed E-state index contributed by atoms with van der Waals surface area (Å²) in [5.74, 6) is 1.21. The second-order valence-electron chi connectivity index (χ2n) is 4.05. The largest absolute Gasteiger partial charge is 0.497 e. The van der Waals surface area contributed by atoms with E-state index in [1.807, 2.05) is 12.1 Å². The van der Waals surface area contributed by atoms with Crippen LogP contribution in [-0.4, -0.2) is 20.3 Å². The summed E-state index contributed by atoms with van der Waals surface area (Å²) in [6, 6.07) is 13.7. The molecule has 0 atom stereocenters. The molecule has 5 heteroatoms. The van der Waals surface area contributed by atoms with Gasteiger partial charge in [0.25, 0.3) is 0 Å². The maximum atomic E-state index is 11.8. The molecule has 0 radical (unpaired) electrons. The number of anilines is 2. The number of hydrogen-bond acceptors (Lipinski definition) is 3. The number of nitrogens with zero attached hydrogens (tertiary/aromatic N) is 1. The molecule has 0 aliphatic carbocycles. The van der Waals surface area contributed by atoms with Gasteiger partial charge in [0, 0.05) is 6.07 Å². The predicted molar refractivity (Wildman–Crippen MR) is 77.7 cm³/mol. The van der Waals surface area contributed by atoms with Gasteiger partial charge in [-0.3, -0.25) is 4.90 Å². The summed E-state index contributed by atoms with van der Waals surface area (Å²) in [7, 11) is 3.11. The molecule has 0 saturated carbocycles. The van der Waals surface area contributed by atoms with E-state index in [4.69, 9.17) is 15.2 Å². The van der Waals surface area contributed by atoms with E-state index in [9.17, 15) is 4.79 Å². The van der Waals surface area contributed by atoms with Crippen molar-refractivity contribution in [3.05, 3.63) is 48.5 Å². The molecule has 0 saturated heterocycles. The maximum Gasteiger partial charge on any atom is 0.324 e. The van der Waals surface area contributed by atoms with Gasteiger partial charge >= 0.3 is 6.03 Å². The van der Waals surface area contributed by atoms with Crippen molar-refractivity contribution in [3.63, 3.8) is 0 Å². The average molecular weight is 272 g/mol. The van der Waals surface area contributed by atoms with Crippen LogP contribution in [0.4, 0.5) is 16.2 Å². The van der Waals surface area contributed by atoms with E-state index in [2.05, 4.69) is 0 Å². The number of hydrogen-bond donors (Lipinski definition) is 1. The average Bonchev–Trinajstić information content (AvgIpc) is 2.48. The van der Waals surface area contributed by atoms with Gasteiger partial charge in [-0.15, -0.1) is 0 Å². The van der Waals surface area contributed by atoms with Gasteiger partial charge in [0.1, 0.15) is 11.5 Å². The molecule has 20 heavy (non-hydrogen) atoms. The number of urea groups is 1. The number of rotatable bonds is 4. The monoisotopic (exact) mass is 272 g/mol. The summed E-state index contributed by atoms with van der Waals surface area (Å²) in [4.78, 5) is 13.2. The number of amides is 2. The lowest BCUT2D eigenvalue weighted by atomic mass is 10.2. The Morgan fingerprint density at radius 3 is 2.45 bits per heavy atom. The van der Waals surface area contributed by atoms with Gasteiger partial charge in [-0.1, -0.05) is 18.2 Å². The van der Waals surface area contributed by atoms with E-state index >= 15 is 0 Å². The number of methoxy groups -OCH3 is 2. The van der Waals surface area contributed by atoms with Crippen LogP contribution < -0.4 is 20.1 Å². The van der Waals surface area contributed by atoms with Crippen molar-refractivity contribution in [2.45, 2.75) is 0 Å². The highest BCUT2D eigenvalue weighted by Crippen LogP contribution is 2.34. The van der Waals surface area contributed by atoms with Gasteiger partial charge in [0.2, 0.25) is 0 Å². The van der Waals surface area contributed by atoms with Crippen LogP contribution in [0.3, 0.4) is 0 Å². The molecule has 0 aromatic heterocycles. The van der Waals surface area contributed by atoms with Crippen LogP contribution >= 0.6 is 0 Å². The topological polar surface area (TPSA) is 64.8 Å². The van der Waals surface area contributed by atoms with E-state index in [0.717, 1.165) is 0 Å². The van der Waals surface area contributed by atoms with Crippen LogP contribution in [0.1, 0.15) is 0 Å². The molecule has 2 amide bonds. The molecule has 2 aromatic carbocycles. The molecular formula is C15H16N2O3. The van der Waals surface area contributed by atoms with Gasteiger partial charge in [-0.2, -0.15) is 0 Å². The lowest BCUT2D eigenvalue weighted by Crippen LogP contribution is -2.31. The van der Waals surface area contributed by atoms with Crippen molar-refractivity contribution in [2.24, 2.45) is 5.73 Å². The summed E-state index contributed by atoms with van der Waals surface area (Å²) >= 11 is 0. The van der Waals surface area contributed by atoms with Gasteiger partial charge in [0.05, 0.1) is 25.6 Å². The van der Waals surface area contributed by atoms with Crippen molar-refractivity contribution >= 4 is 17.4 Å². The van der Waals surface area contributed by atoms with Crippen molar-refractivity contribution in [1.29, 1.82) is 0 Å². The Hall–Kier alpha value is -2.69. The highest BCUT2D eigenvalue weighted by Gasteiger charge is 2.19. The van der Waals surface area contributed by atoms with E-state index in [1.54, 1.807) is 50.6 Å². The molecule has 2 aromatic rings. The highest BCUT2D eigenvalue weighted by molar-refractivity contribution is 6.00. The minimum atomic E-state index is -0.595. The lowest BCUT2D eigenvalue weighted by molar-refractivity contribution is 0.256. The molecule has 0 fully saturated rings. The van der Waals surface area contributed by atoms with Crippen LogP contribution in [0, 0.1) is 0 Å². The Balaban J connectivity index is 2.53. The third-order valence-electron chi connectivity index (χ3n) is 2.86. The second-order valence-corrected chi connectivity index (χ2v) is 4.05. The Morgan fingerprint density at radius 1 is 1.05 bits per heavy atom. The van der Waals surface area contributed by atoms with E-state index in [0.29, 0.717) is 22.9 Å². The summed E-state index contributed by atoms with van der Waals surface area (Å²) in [6.45, 7) is 0. The van der Waals surface area contributed by atoms with E-state index < -0.39 is 6.03 Å². The number of primary amides is 1. The Morgan fingerprint density at radius 2 is 1.80 bits per heavy atom. The van der Waals surface area contributed by atoms with Crippen LogP contribution in [0.25, 0.3) is 0 Å². The van der Waals surface area contributed by atoms with Gasteiger partial charge < -0.3 is 15.2 Å². The quantitative estimate of drug-likeness (QED) is 0.930. The van der Waals surface area contributed by atoms with Gasteiger partial charge in [-0.25, -0.2) is 4.79 Å². The number of benzene rings is 2. The molecule has 2 rings (SSSR count). The maximum absolute atomic E-state index is 11.8. The molecule has 104 valence electrons. The third kappa shape index (κ3) is 2.66. The molecule has 0 bridgehead atoms. The fraction of sp³-hybridized carbons (Fsp3) is 0.133.